The first kappa shape index (κ1) is 15.8. The molecule has 0 bridgehead atoms. The SMILES string of the molecule is O=C(O)[C@H](c1cccc(Cl)c1)[C@]1(O)CC[C@@H]2CCCC[C@H]2C1. The van der Waals surface area contributed by atoms with Gasteiger partial charge in [0.25, 0.3) is 0 Å². The molecule has 0 radical (unpaired) electrons. The zero-order chi connectivity index (χ0) is 15.7. The molecule has 120 valence electrons. The highest BCUT2D eigenvalue weighted by atomic mass is 35.5. The van der Waals surface area contributed by atoms with Gasteiger partial charge in [-0.25, -0.2) is 0 Å². The topological polar surface area (TPSA) is 57.5 Å². The van der Waals surface area contributed by atoms with Crippen molar-refractivity contribution in [2.24, 2.45) is 11.8 Å². The Morgan fingerprint density at radius 3 is 2.64 bits per heavy atom. The lowest BCUT2D eigenvalue weighted by atomic mass is 9.62. The second kappa shape index (κ2) is 6.21. The maximum atomic E-state index is 11.9. The number of aliphatic carboxylic acids is 1. The van der Waals surface area contributed by atoms with Gasteiger partial charge in [-0.3, -0.25) is 4.79 Å². The van der Waals surface area contributed by atoms with Gasteiger partial charge in [0.1, 0.15) is 5.92 Å². The average molecular weight is 323 g/mol. The predicted octanol–water partition coefficient (Wildman–Crippen LogP) is 4.23. The Bertz CT molecular complexity index is 559. The summed E-state index contributed by atoms with van der Waals surface area (Å²) in [5, 5.41) is 21.4. The van der Waals surface area contributed by atoms with Crippen LogP contribution in [-0.4, -0.2) is 21.8 Å². The lowest BCUT2D eigenvalue weighted by Crippen LogP contribution is -2.47. The smallest absolute Gasteiger partial charge is 0.313 e. The molecular formula is C18H23ClO3. The van der Waals surface area contributed by atoms with Crippen LogP contribution >= 0.6 is 11.6 Å². The highest BCUT2D eigenvalue weighted by Crippen LogP contribution is 2.49. The third-order valence-corrected chi connectivity index (χ3v) is 5.83. The van der Waals surface area contributed by atoms with Crippen LogP contribution in [0.2, 0.25) is 5.02 Å². The van der Waals surface area contributed by atoms with Gasteiger partial charge in [-0.2, -0.15) is 0 Å². The van der Waals surface area contributed by atoms with Crippen LogP contribution in [0.4, 0.5) is 0 Å². The number of hydrogen-bond acceptors (Lipinski definition) is 2. The third-order valence-electron chi connectivity index (χ3n) is 5.60. The third kappa shape index (κ3) is 3.02. The van der Waals surface area contributed by atoms with Crippen molar-refractivity contribution in [3.63, 3.8) is 0 Å². The fourth-order valence-corrected chi connectivity index (χ4v) is 4.75. The molecule has 2 N–H and O–H groups in total. The highest BCUT2D eigenvalue weighted by Gasteiger charge is 2.48. The van der Waals surface area contributed by atoms with Gasteiger partial charge < -0.3 is 10.2 Å². The first-order valence-corrected chi connectivity index (χ1v) is 8.58. The quantitative estimate of drug-likeness (QED) is 0.875. The summed E-state index contributed by atoms with van der Waals surface area (Å²) in [5.41, 5.74) is -0.550. The van der Waals surface area contributed by atoms with Gasteiger partial charge in [0.05, 0.1) is 5.60 Å². The zero-order valence-electron chi connectivity index (χ0n) is 12.7. The largest absolute Gasteiger partial charge is 0.481 e. The standard InChI is InChI=1S/C18H23ClO3/c19-15-7-3-6-13(10-15)16(17(20)21)18(22)9-8-12-4-1-2-5-14(12)11-18/h3,6-7,10,12,14,16,22H,1-2,4-5,8-9,11H2,(H,20,21)/t12-,14-,16-,18-/m0/s1. The summed E-state index contributed by atoms with van der Waals surface area (Å²) < 4.78 is 0. The Kier molecular flexibility index (Phi) is 4.47. The van der Waals surface area contributed by atoms with Crippen molar-refractivity contribution in [3.05, 3.63) is 34.9 Å². The Labute approximate surface area is 136 Å². The van der Waals surface area contributed by atoms with Crippen LogP contribution in [0.3, 0.4) is 0 Å². The lowest BCUT2D eigenvalue weighted by Gasteiger charge is -2.46. The molecule has 0 unspecified atom stereocenters. The van der Waals surface area contributed by atoms with E-state index in [1.165, 1.54) is 19.3 Å². The van der Waals surface area contributed by atoms with Crippen LogP contribution in [0.1, 0.15) is 56.4 Å². The van der Waals surface area contributed by atoms with E-state index in [-0.39, 0.29) is 0 Å². The molecule has 1 aromatic rings. The molecule has 2 saturated carbocycles. The van der Waals surface area contributed by atoms with E-state index < -0.39 is 17.5 Å². The van der Waals surface area contributed by atoms with Crippen LogP contribution < -0.4 is 0 Å². The van der Waals surface area contributed by atoms with E-state index in [4.69, 9.17) is 11.6 Å². The van der Waals surface area contributed by atoms with Crippen LogP contribution in [0.15, 0.2) is 24.3 Å². The Balaban J connectivity index is 1.89. The summed E-state index contributed by atoms with van der Waals surface area (Å²) in [5.74, 6) is -0.718. The van der Waals surface area contributed by atoms with Crippen LogP contribution in [0.25, 0.3) is 0 Å². The number of aliphatic hydroxyl groups is 1. The molecule has 0 aromatic heterocycles. The Morgan fingerprint density at radius 1 is 1.23 bits per heavy atom. The fourth-order valence-electron chi connectivity index (χ4n) is 4.56. The highest BCUT2D eigenvalue weighted by molar-refractivity contribution is 6.30. The molecule has 0 spiro atoms. The maximum absolute atomic E-state index is 11.9. The number of fused-ring (bicyclic) bond motifs is 1. The van der Waals surface area contributed by atoms with Crippen molar-refractivity contribution in [2.45, 2.75) is 56.5 Å². The minimum Gasteiger partial charge on any atom is -0.481 e. The van der Waals surface area contributed by atoms with Crippen molar-refractivity contribution in [1.29, 1.82) is 0 Å². The summed E-state index contributed by atoms with van der Waals surface area (Å²) in [4.78, 5) is 11.9. The minimum atomic E-state index is -1.16. The second-order valence-electron chi connectivity index (χ2n) is 6.98. The van der Waals surface area contributed by atoms with Crippen LogP contribution in [0, 0.1) is 11.8 Å². The van der Waals surface area contributed by atoms with E-state index in [2.05, 4.69) is 0 Å². The van der Waals surface area contributed by atoms with Crippen molar-refractivity contribution in [2.75, 3.05) is 0 Å². The van der Waals surface area contributed by atoms with E-state index in [0.717, 1.165) is 12.8 Å². The fraction of sp³-hybridized carbons (Fsp3) is 0.611. The lowest BCUT2D eigenvalue weighted by molar-refractivity contribution is -0.150. The molecule has 0 amide bonds. The summed E-state index contributed by atoms with van der Waals surface area (Å²) in [7, 11) is 0. The number of carboxylic acids is 1. The average Bonchev–Trinajstić information content (AvgIpc) is 2.46. The van der Waals surface area contributed by atoms with E-state index in [1.54, 1.807) is 24.3 Å². The van der Waals surface area contributed by atoms with Crippen molar-refractivity contribution >= 4 is 17.6 Å². The van der Waals surface area contributed by atoms with Crippen LogP contribution in [0.5, 0.6) is 0 Å². The monoisotopic (exact) mass is 322 g/mol. The van der Waals surface area contributed by atoms with E-state index in [9.17, 15) is 15.0 Å². The van der Waals surface area contributed by atoms with E-state index in [1.807, 2.05) is 0 Å². The molecule has 4 atom stereocenters. The van der Waals surface area contributed by atoms with Gasteiger partial charge in [-0.15, -0.1) is 0 Å². The number of halogens is 1. The second-order valence-corrected chi connectivity index (χ2v) is 7.41. The number of rotatable bonds is 3. The predicted molar refractivity (Wildman–Crippen MR) is 86.1 cm³/mol. The number of carbonyl (C=O) groups is 1. The molecule has 3 rings (SSSR count). The Morgan fingerprint density at radius 2 is 1.95 bits per heavy atom. The molecule has 4 heteroatoms. The van der Waals surface area contributed by atoms with Gasteiger partial charge in [0.15, 0.2) is 0 Å². The molecule has 0 aliphatic heterocycles. The molecule has 3 nitrogen and oxygen atoms in total. The molecule has 2 aliphatic rings. The van der Waals surface area contributed by atoms with Gasteiger partial charge in [0, 0.05) is 5.02 Å². The number of benzene rings is 1. The summed E-state index contributed by atoms with van der Waals surface area (Å²) in [6.07, 6.45) is 6.93. The Hall–Kier alpha value is -1.06. The zero-order valence-corrected chi connectivity index (χ0v) is 13.4. The number of carboxylic acid groups (broad SMARTS) is 1. The number of hydrogen-bond donors (Lipinski definition) is 2. The first-order valence-electron chi connectivity index (χ1n) is 8.20. The summed E-state index contributed by atoms with van der Waals surface area (Å²) in [6.45, 7) is 0. The van der Waals surface area contributed by atoms with Crippen molar-refractivity contribution in [1.82, 2.24) is 0 Å². The molecule has 2 fully saturated rings. The normalized spacial score (nSPS) is 33.0. The molecule has 2 aliphatic carbocycles. The van der Waals surface area contributed by atoms with Gasteiger partial charge >= 0.3 is 5.97 Å². The molecular weight excluding hydrogens is 300 g/mol. The van der Waals surface area contributed by atoms with Crippen LogP contribution in [-0.2, 0) is 4.79 Å². The summed E-state index contributed by atoms with van der Waals surface area (Å²) >= 11 is 6.01. The molecule has 0 saturated heterocycles. The van der Waals surface area contributed by atoms with E-state index >= 15 is 0 Å². The summed E-state index contributed by atoms with van der Waals surface area (Å²) in [6, 6.07) is 6.91. The van der Waals surface area contributed by atoms with Gasteiger partial charge in [0.2, 0.25) is 0 Å². The van der Waals surface area contributed by atoms with Gasteiger partial charge in [-0.1, -0.05) is 49.4 Å². The molecule has 1 aromatic carbocycles. The van der Waals surface area contributed by atoms with E-state index in [0.29, 0.717) is 35.3 Å². The first-order chi connectivity index (χ1) is 10.5. The minimum absolute atomic E-state index is 0.466. The molecule has 22 heavy (non-hydrogen) atoms. The van der Waals surface area contributed by atoms with Gasteiger partial charge in [-0.05, 0) is 48.8 Å². The molecule has 0 heterocycles. The van der Waals surface area contributed by atoms with Crippen molar-refractivity contribution in [3.8, 4) is 0 Å². The van der Waals surface area contributed by atoms with Crippen molar-refractivity contribution < 1.29 is 15.0 Å². The maximum Gasteiger partial charge on any atom is 0.313 e.